The number of piperidine rings is 1. The molecule has 1 heterocycles. The van der Waals surface area contributed by atoms with Crippen molar-refractivity contribution in [3.05, 3.63) is 29.8 Å². The average molecular weight is 324 g/mol. The fraction of sp³-hybridized carbons (Fsp3) is 0.647. The molecular formula is C17H28N2O2S. The van der Waals surface area contributed by atoms with Crippen LogP contribution in [0.3, 0.4) is 0 Å². The zero-order chi connectivity index (χ0) is 16.2. The largest absolute Gasteiger partial charge is 0.302 e. The maximum atomic E-state index is 11.5. The minimum Gasteiger partial charge on any atom is -0.302 e. The van der Waals surface area contributed by atoms with Gasteiger partial charge in [-0.25, -0.2) is 8.42 Å². The molecule has 1 atom stereocenters. The van der Waals surface area contributed by atoms with Crippen molar-refractivity contribution in [2.75, 3.05) is 39.5 Å². The van der Waals surface area contributed by atoms with Crippen molar-refractivity contribution in [3.8, 4) is 0 Å². The molecule has 1 unspecified atom stereocenters. The summed E-state index contributed by atoms with van der Waals surface area (Å²) in [4.78, 5) is 5.27. The smallest absolute Gasteiger partial charge is 0.175 e. The second-order valence-electron chi connectivity index (χ2n) is 6.40. The van der Waals surface area contributed by atoms with Crippen molar-refractivity contribution in [3.63, 3.8) is 0 Å². The monoisotopic (exact) mass is 324 g/mol. The van der Waals surface area contributed by atoms with Crippen LogP contribution in [0.1, 0.15) is 37.8 Å². The van der Waals surface area contributed by atoms with Gasteiger partial charge in [0.2, 0.25) is 0 Å². The van der Waals surface area contributed by atoms with E-state index >= 15 is 0 Å². The predicted octanol–water partition coefficient (Wildman–Crippen LogP) is 2.57. The van der Waals surface area contributed by atoms with E-state index in [0.717, 1.165) is 18.7 Å². The topological polar surface area (TPSA) is 40.6 Å². The Labute approximate surface area is 135 Å². The first kappa shape index (κ1) is 17.4. The van der Waals surface area contributed by atoms with Crippen LogP contribution < -0.4 is 0 Å². The summed E-state index contributed by atoms with van der Waals surface area (Å²) in [5, 5.41) is 0. The Morgan fingerprint density at radius 2 is 1.73 bits per heavy atom. The highest BCUT2D eigenvalue weighted by Crippen LogP contribution is 2.21. The first-order valence-electron chi connectivity index (χ1n) is 8.10. The second kappa shape index (κ2) is 7.57. The number of hydrogen-bond acceptors (Lipinski definition) is 4. The van der Waals surface area contributed by atoms with E-state index in [2.05, 4.69) is 23.8 Å². The Hall–Kier alpha value is -0.910. The Kier molecular flexibility index (Phi) is 6.01. The standard InChI is InChI=1S/C17H28N2O2S/c1-15(16-7-9-17(10-8-16)22(3,20)21)18(2)13-14-19-11-5-4-6-12-19/h7-10,15H,4-6,11-14H2,1-3H3. The summed E-state index contributed by atoms with van der Waals surface area (Å²) in [5.74, 6) is 0. The minimum atomic E-state index is -3.11. The molecule has 0 spiro atoms. The molecule has 4 nitrogen and oxygen atoms in total. The number of likely N-dealkylation sites (tertiary alicyclic amines) is 1. The van der Waals surface area contributed by atoms with E-state index in [0.29, 0.717) is 10.9 Å². The Morgan fingerprint density at radius 3 is 2.27 bits per heavy atom. The van der Waals surface area contributed by atoms with E-state index in [1.807, 2.05) is 12.1 Å². The van der Waals surface area contributed by atoms with Crippen molar-refractivity contribution in [2.24, 2.45) is 0 Å². The highest BCUT2D eigenvalue weighted by atomic mass is 32.2. The lowest BCUT2D eigenvalue weighted by atomic mass is 10.1. The van der Waals surface area contributed by atoms with Crippen LogP contribution >= 0.6 is 0 Å². The van der Waals surface area contributed by atoms with Gasteiger partial charge in [-0.05, 0) is 57.6 Å². The molecule has 1 aliphatic heterocycles. The molecule has 0 aromatic heterocycles. The average Bonchev–Trinajstić information content (AvgIpc) is 2.52. The molecule has 1 saturated heterocycles. The molecule has 124 valence electrons. The molecule has 0 bridgehead atoms. The molecular weight excluding hydrogens is 296 g/mol. The molecule has 5 heteroatoms. The molecule has 1 aliphatic rings. The normalized spacial score (nSPS) is 18.5. The lowest BCUT2D eigenvalue weighted by molar-refractivity contribution is 0.176. The Bertz CT molecular complexity index is 563. The van der Waals surface area contributed by atoms with Gasteiger partial charge in [0.25, 0.3) is 0 Å². The fourth-order valence-corrected chi connectivity index (χ4v) is 3.55. The molecule has 1 fully saturated rings. The van der Waals surface area contributed by atoms with Gasteiger partial charge in [-0.15, -0.1) is 0 Å². The molecule has 0 aliphatic carbocycles. The summed E-state index contributed by atoms with van der Waals surface area (Å²) in [6.45, 7) is 6.78. The maximum Gasteiger partial charge on any atom is 0.175 e. The van der Waals surface area contributed by atoms with E-state index in [1.165, 1.54) is 38.6 Å². The van der Waals surface area contributed by atoms with Crippen LogP contribution in [-0.4, -0.2) is 57.7 Å². The summed E-state index contributed by atoms with van der Waals surface area (Å²) >= 11 is 0. The molecule has 0 N–H and O–H groups in total. The molecule has 0 saturated carbocycles. The van der Waals surface area contributed by atoms with Crippen LogP contribution in [0.15, 0.2) is 29.2 Å². The highest BCUT2D eigenvalue weighted by Gasteiger charge is 2.15. The van der Waals surface area contributed by atoms with E-state index < -0.39 is 9.84 Å². The van der Waals surface area contributed by atoms with Gasteiger partial charge in [0.1, 0.15) is 0 Å². The summed E-state index contributed by atoms with van der Waals surface area (Å²) in [6.07, 6.45) is 5.27. The SMILES string of the molecule is CC(c1ccc(S(C)(=O)=O)cc1)N(C)CCN1CCCCC1. The van der Waals surface area contributed by atoms with Crippen LogP contribution in [0.25, 0.3) is 0 Å². The number of sulfone groups is 1. The van der Waals surface area contributed by atoms with Crippen molar-refractivity contribution in [2.45, 2.75) is 37.1 Å². The Balaban J connectivity index is 1.90. The lowest BCUT2D eigenvalue weighted by Crippen LogP contribution is -2.37. The number of hydrogen-bond donors (Lipinski definition) is 0. The maximum absolute atomic E-state index is 11.5. The summed E-state index contributed by atoms with van der Waals surface area (Å²) in [6, 6.07) is 7.56. The van der Waals surface area contributed by atoms with Crippen LogP contribution in [0.4, 0.5) is 0 Å². The molecule has 0 radical (unpaired) electrons. The van der Waals surface area contributed by atoms with Gasteiger partial charge in [0, 0.05) is 25.4 Å². The van der Waals surface area contributed by atoms with Gasteiger partial charge < -0.3 is 4.90 Å². The van der Waals surface area contributed by atoms with Crippen LogP contribution in [0.2, 0.25) is 0 Å². The number of rotatable bonds is 6. The highest BCUT2D eigenvalue weighted by molar-refractivity contribution is 7.90. The predicted molar refractivity (Wildman–Crippen MR) is 90.9 cm³/mol. The van der Waals surface area contributed by atoms with Gasteiger partial charge in [-0.2, -0.15) is 0 Å². The zero-order valence-electron chi connectivity index (χ0n) is 14.0. The first-order valence-corrected chi connectivity index (χ1v) is 9.99. The zero-order valence-corrected chi connectivity index (χ0v) is 14.8. The van der Waals surface area contributed by atoms with E-state index in [-0.39, 0.29) is 0 Å². The summed E-state index contributed by atoms with van der Waals surface area (Å²) in [7, 11) is -0.973. The molecule has 1 aromatic rings. The van der Waals surface area contributed by atoms with Gasteiger partial charge >= 0.3 is 0 Å². The number of benzene rings is 1. The second-order valence-corrected chi connectivity index (χ2v) is 8.42. The van der Waals surface area contributed by atoms with Gasteiger partial charge in [0.15, 0.2) is 9.84 Å². The molecule has 1 aromatic carbocycles. The van der Waals surface area contributed by atoms with E-state index in [4.69, 9.17) is 0 Å². The van der Waals surface area contributed by atoms with Crippen molar-refractivity contribution in [1.82, 2.24) is 9.80 Å². The van der Waals surface area contributed by atoms with Crippen LogP contribution in [0, 0.1) is 0 Å². The van der Waals surface area contributed by atoms with Crippen molar-refractivity contribution >= 4 is 9.84 Å². The third-order valence-corrected chi connectivity index (χ3v) is 5.80. The third-order valence-electron chi connectivity index (χ3n) is 4.67. The van der Waals surface area contributed by atoms with Crippen molar-refractivity contribution in [1.29, 1.82) is 0 Å². The minimum absolute atomic E-state index is 0.290. The summed E-state index contributed by atoms with van der Waals surface area (Å²) < 4.78 is 23.0. The molecule has 22 heavy (non-hydrogen) atoms. The Morgan fingerprint density at radius 1 is 1.14 bits per heavy atom. The van der Waals surface area contributed by atoms with Crippen LogP contribution in [0.5, 0.6) is 0 Å². The van der Waals surface area contributed by atoms with E-state index in [9.17, 15) is 8.42 Å². The molecule has 0 amide bonds. The van der Waals surface area contributed by atoms with E-state index in [1.54, 1.807) is 12.1 Å². The van der Waals surface area contributed by atoms with Gasteiger partial charge in [-0.3, -0.25) is 4.90 Å². The number of likely N-dealkylation sites (N-methyl/N-ethyl adjacent to an activating group) is 1. The fourth-order valence-electron chi connectivity index (χ4n) is 2.92. The van der Waals surface area contributed by atoms with Gasteiger partial charge in [0.05, 0.1) is 4.90 Å². The number of nitrogens with zero attached hydrogens (tertiary/aromatic N) is 2. The first-order chi connectivity index (χ1) is 10.4. The van der Waals surface area contributed by atoms with Crippen LogP contribution in [-0.2, 0) is 9.84 Å². The third kappa shape index (κ3) is 4.80. The summed E-state index contributed by atoms with van der Waals surface area (Å²) in [5.41, 5.74) is 1.16. The quantitative estimate of drug-likeness (QED) is 0.806. The lowest BCUT2D eigenvalue weighted by Gasteiger charge is -2.31. The van der Waals surface area contributed by atoms with Gasteiger partial charge in [-0.1, -0.05) is 18.6 Å². The molecule has 2 rings (SSSR count). The van der Waals surface area contributed by atoms with Crippen molar-refractivity contribution < 1.29 is 8.42 Å².